The van der Waals surface area contributed by atoms with Gasteiger partial charge in [-0.25, -0.2) is 0 Å². The minimum Gasteiger partial charge on any atom is -0.345 e. The maximum absolute atomic E-state index is 11.8. The van der Waals surface area contributed by atoms with Crippen molar-refractivity contribution in [1.29, 1.82) is 0 Å². The molecular weight excluding hydrogens is 237 g/mol. The van der Waals surface area contributed by atoms with Crippen molar-refractivity contribution in [2.45, 2.75) is 31.9 Å². The summed E-state index contributed by atoms with van der Waals surface area (Å²) in [7, 11) is 0. The smallest absolute Gasteiger partial charge is 0.345 e. The molecule has 2 amide bonds. The number of nitrogens with zero attached hydrogens (tertiary/aromatic N) is 1. The normalized spacial score (nSPS) is 17.8. The van der Waals surface area contributed by atoms with Crippen molar-refractivity contribution >= 4 is 11.8 Å². The molecule has 0 spiro atoms. The predicted molar refractivity (Wildman–Crippen MR) is 54.1 cm³/mol. The van der Waals surface area contributed by atoms with Crippen LogP contribution in [0, 0.1) is 0 Å². The number of alkyl halides is 3. The lowest BCUT2D eigenvalue weighted by molar-refractivity contribution is -0.142. The topological polar surface area (TPSA) is 49.4 Å². The quantitative estimate of drug-likeness (QED) is 0.816. The van der Waals surface area contributed by atoms with E-state index >= 15 is 0 Å². The molecule has 1 saturated heterocycles. The second-order valence-electron chi connectivity index (χ2n) is 4.02. The molecule has 1 aliphatic rings. The molecular formula is C10H15F3N2O2. The molecule has 0 aliphatic carbocycles. The van der Waals surface area contributed by atoms with Crippen LogP contribution >= 0.6 is 0 Å². The second-order valence-corrected chi connectivity index (χ2v) is 4.02. The summed E-state index contributed by atoms with van der Waals surface area (Å²) < 4.78 is 35.5. The standard InChI is InChI=1S/C10H15F3N2O2/c11-10(12,13)7-14-8(16)6-15-5-3-1-2-4-9(15)17/h1-7H2,(H,14,16). The van der Waals surface area contributed by atoms with E-state index in [4.69, 9.17) is 0 Å². The number of hydrogen-bond donors (Lipinski definition) is 1. The van der Waals surface area contributed by atoms with Crippen LogP contribution in [0.5, 0.6) is 0 Å². The summed E-state index contributed by atoms with van der Waals surface area (Å²) in [6.07, 6.45) is -1.57. The molecule has 1 heterocycles. The van der Waals surface area contributed by atoms with E-state index in [2.05, 4.69) is 0 Å². The van der Waals surface area contributed by atoms with Gasteiger partial charge >= 0.3 is 6.18 Å². The fourth-order valence-corrected chi connectivity index (χ4v) is 1.63. The van der Waals surface area contributed by atoms with Gasteiger partial charge in [0.15, 0.2) is 0 Å². The first kappa shape index (κ1) is 13.8. The molecule has 0 aromatic rings. The number of likely N-dealkylation sites (tertiary alicyclic amines) is 1. The number of carbonyl (C=O) groups excluding carboxylic acids is 2. The van der Waals surface area contributed by atoms with Gasteiger partial charge in [0.2, 0.25) is 11.8 Å². The van der Waals surface area contributed by atoms with Crippen LogP contribution < -0.4 is 5.32 Å². The van der Waals surface area contributed by atoms with Gasteiger partial charge in [-0.05, 0) is 12.8 Å². The van der Waals surface area contributed by atoms with Crippen LogP contribution in [0.15, 0.2) is 0 Å². The Kier molecular flexibility index (Phi) is 4.77. The monoisotopic (exact) mass is 252 g/mol. The molecule has 0 aromatic carbocycles. The van der Waals surface area contributed by atoms with Gasteiger partial charge in [0, 0.05) is 13.0 Å². The van der Waals surface area contributed by atoms with E-state index in [0.29, 0.717) is 13.0 Å². The molecule has 7 heteroatoms. The van der Waals surface area contributed by atoms with Gasteiger partial charge in [-0.3, -0.25) is 9.59 Å². The first-order valence-electron chi connectivity index (χ1n) is 5.50. The SMILES string of the molecule is O=C(CN1CCCCCC1=O)NCC(F)(F)F. The van der Waals surface area contributed by atoms with Crippen LogP contribution in [-0.4, -0.2) is 42.5 Å². The molecule has 0 unspecified atom stereocenters. The molecule has 17 heavy (non-hydrogen) atoms. The average Bonchev–Trinajstić information content (AvgIpc) is 2.41. The van der Waals surface area contributed by atoms with Gasteiger partial charge in [-0.15, -0.1) is 0 Å². The summed E-state index contributed by atoms with van der Waals surface area (Å²) in [5.74, 6) is -0.928. The Morgan fingerprint density at radius 1 is 1.29 bits per heavy atom. The maximum atomic E-state index is 11.8. The van der Waals surface area contributed by atoms with Gasteiger partial charge in [0.1, 0.15) is 6.54 Å². The van der Waals surface area contributed by atoms with Crippen molar-refractivity contribution in [3.63, 3.8) is 0 Å². The van der Waals surface area contributed by atoms with Gasteiger partial charge in [-0.2, -0.15) is 13.2 Å². The van der Waals surface area contributed by atoms with Gasteiger partial charge in [0.25, 0.3) is 0 Å². The van der Waals surface area contributed by atoms with E-state index in [-0.39, 0.29) is 12.5 Å². The summed E-state index contributed by atoms with van der Waals surface area (Å²) in [4.78, 5) is 24.0. The number of amides is 2. The van der Waals surface area contributed by atoms with Gasteiger partial charge < -0.3 is 10.2 Å². The largest absolute Gasteiger partial charge is 0.405 e. The molecule has 0 saturated carbocycles. The predicted octanol–water partition coefficient (Wildman–Crippen LogP) is 1.07. The number of nitrogens with one attached hydrogen (secondary N) is 1. The Bertz CT molecular complexity index is 292. The molecule has 0 radical (unpaired) electrons. The Morgan fingerprint density at radius 3 is 2.65 bits per heavy atom. The van der Waals surface area contributed by atoms with Crippen molar-refractivity contribution < 1.29 is 22.8 Å². The van der Waals surface area contributed by atoms with Crippen molar-refractivity contribution in [1.82, 2.24) is 10.2 Å². The molecule has 0 atom stereocenters. The molecule has 1 rings (SSSR count). The zero-order chi connectivity index (χ0) is 12.9. The van der Waals surface area contributed by atoms with Crippen LogP contribution in [0.25, 0.3) is 0 Å². The minimum atomic E-state index is -4.42. The zero-order valence-electron chi connectivity index (χ0n) is 9.35. The summed E-state index contributed by atoms with van der Waals surface area (Å²) in [5.41, 5.74) is 0. The first-order valence-corrected chi connectivity index (χ1v) is 5.50. The van der Waals surface area contributed by atoms with Crippen LogP contribution in [0.4, 0.5) is 13.2 Å². The third-order valence-electron chi connectivity index (χ3n) is 2.49. The van der Waals surface area contributed by atoms with E-state index in [1.165, 1.54) is 4.90 Å². The van der Waals surface area contributed by atoms with Crippen molar-refractivity contribution in [2.24, 2.45) is 0 Å². The van der Waals surface area contributed by atoms with Crippen LogP contribution in [0.3, 0.4) is 0 Å². The fourth-order valence-electron chi connectivity index (χ4n) is 1.63. The number of halogens is 3. The number of carbonyl (C=O) groups is 2. The Labute approximate surface area is 97.1 Å². The Hall–Kier alpha value is -1.27. The third-order valence-corrected chi connectivity index (χ3v) is 2.49. The highest BCUT2D eigenvalue weighted by Crippen LogP contribution is 2.13. The van der Waals surface area contributed by atoms with Gasteiger partial charge in [-0.1, -0.05) is 6.42 Å². The molecule has 1 N–H and O–H groups in total. The van der Waals surface area contributed by atoms with E-state index < -0.39 is 18.6 Å². The van der Waals surface area contributed by atoms with Crippen LogP contribution in [0.2, 0.25) is 0 Å². The molecule has 1 fully saturated rings. The van der Waals surface area contributed by atoms with Crippen molar-refractivity contribution in [2.75, 3.05) is 19.6 Å². The lowest BCUT2D eigenvalue weighted by atomic mass is 10.2. The lowest BCUT2D eigenvalue weighted by Crippen LogP contribution is -2.43. The highest BCUT2D eigenvalue weighted by molar-refractivity contribution is 5.84. The molecule has 4 nitrogen and oxygen atoms in total. The summed E-state index contributed by atoms with van der Waals surface area (Å²) in [6, 6.07) is 0. The number of hydrogen-bond acceptors (Lipinski definition) is 2. The molecule has 0 aromatic heterocycles. The summed E-state index contributed by atoms with van der Waals surface area (Å²) >= 11 is 0. The molecule has 1 aliphatic heterocycles. The van der Waals surface area contributed by atoms with E-state index in [1.807, 2.05) is 0 Å². The Morgan fingerprint density at radius 2 is 2.00 bits per heavy atom. The highest BCUT2D eigenvalue weighted by atomic mass is 19.4. The van der Waals surface area contributed by atoms with Crippen molar-refractivity contribution in [3.05, 3.63) is 0 Å². The average molecular weight is 252 g/mol. The van der Waals surface area contributed by atoms with Gasteiger partial charge in [0.05, 0.1) is 6.54 Å². The molecule has 0 bridgehead atoms. The van der Waals surface area contributed by atoms with Crippen LogP contribution in [0.1, 0.15) is 25.7 Å². The van der Waals surface area contributed by atoms with E-state index in [1.54, 1.807) is 5.32 Å². The van der Waals surface area contributed by atoms with E-state index in [9.17, 15) is 22.8 Å². The summed E-state index contributed by atoms with van der Waals surface area (Å²) in [5, 5.41) is 1.75. The number of rotatable bonds is 3. The van der Waals surface area contributed by atoms with Crippen LogP contribution in [-0.2, 0) is 9.59 Å². The third kappa shape index (κ3) is 5.55. The molecule has 98 valence electrons. The highest BCUT2D eigenvalue weighted by Gasteiger charge is 2.28. The zero-order valence-corrected chi connectivity index (χ0v) is 9.35. The maximum Gasteiger partial charge on any atom is 0.405 e. The first-order chi connectivity index (χ1) is 7.88. The minimum absolute atomic E-state index is 0.162. The Balaban J connectivity index is 2.36. The fraction of sp³-hybridized carbons (Fsp3) is 0.800. The van der Waals surface area contributed by atoms with Crippen molar-refractivity contribution in [3.8, 4) is 0 Å². The van der Waals surface area contributed by atoms with E-state index in [0.717, 1.165) is 19.3 Å². The lowest BCUT2D eigenvalue weighted by Gasteiger charge is -2.20. The summed E-state index contributed by atoms with van der Waals surface area (Å²) in [6.45, 7) is -1.19. The second kappa shape index (κ2) is 5.88.